The molecule has 5 heteroatoms. The monoisotopic (exact) mass is 305 g/mol. The average molecular weight is 306 g/mol. The quantitative estimate of drug-likeness (QED) is 0.869. The van der Waals surface area contributed by atoms with Crippen LogP contribution < -0.4 is 4.72 Å². The molecule has 0 aliphatic carbocycles. The molecule has 16 heavy (non-hydrogen) atoms. The summed E-state index contributed by atoms with van der Waals surface area (Å²) in [7, 11) is -1.91. The lowest BCUT2D eigenvalue weighted by Crippen LogP contribution is -2.18. The lowest BCUT2D eigenvalue weighted by atomic mass is 9.99. The van der Waals surface area contributed by atoms with E-state index in [2.05, 4.69) is 34.5 Å². The fourth-order valence-electron chi connectivity index (χ4n) is 1.33. The standard InChI is InChI=1S/C11H16BrNO2S/c1-8(9(2)12)10-4-6-11(7-5-10)16(14,15)13-3/h4-9,13H,1-3H3. The van der Waals surface area contributed by atoms with Gasteiger partial charge in [0.15, 0.2) is 0 Å². The number of nitrogens with one attached hydrogen (secondary N) is 1. The van der Waals surface area contributed by atoms with Gasteiger partial charge in [0.1, 0.15) is 0 Å². The Morgan fingerprint density at radius 2 is 1.69 bits per heavy atom. The van der Waals surface area contributed by atoms with Crippen LogP contribution in [0.3, 0.4) is 0 Å². The van der Waals surface area contributed by atoms with E-state index in [1.807, 2.05) is 12.1 Å². The van der Waals surface area contributed by atoms with Gasteiger partial charge in [-0.15, -0.1) is 0 Å². The Hall–Kier alpha value is -0.390. The van der Waals surface area contributed by atoms with Crippen LogP contribution in [0.1, 0.15) is 25.3 Å². The van der Waals surface area contributed by atoms with Crippen LogP contribution >= 0.6 is 15.9 Å². The van der Waals surface area contributed by atoms with E-state index < -0.39 is 10.0 Å². The molecule has 1 N–H and O–H groups in total. The molecular formula is C11H16BrNO2S. The van der Waals surface area contributed by atoms with E-state index in [0.29, 0.717) is 15.6 Å². The number of benzene rings is 1. The van der Waals surface area contributed by atoms with E-state index in [9.17, 15) is 8.42 Å². The Bertz CT molecular complexity index is 440. The maximum atomic E-state index is 11.5. The Balaban J connectivity index is 3.01. The Kier molecular flexibility index (Phi) is 4.52. The minimum Gasteiger partial charge on any atom is -0.214 e. The fourth-order valence-corrected chi connectivity index (χ4v) is 2.37. The molecule has 0 bridgehead atoms. The van der Waals surface area contributed by atoms with Gasteiger partial charge in [0.2, 0.25) is 10.0 Å². The summed E-state index contributed by atoms with van der Waals surface area (Å²) in [5, 5.41) is 0. The average Bonchev–Trinajstić information content (AvgIpc) is 2.28. The first-order valence-electron chi connectivity index (χ1n) is 5.06. The van der Waals surface area contributed by atoms with E-state index in [-0.39, 0.29) is 0 Å². The molecule has 0 fully saturated rings. The van der Waals surface area contributed by atoms with Gasteiger partial charge in [-0.3, -0.25) is 0 Å². The minimum atomic E-state index is -3.32. The van der Waals surface area contributed by atoms with Gasteiger partial charge in [-0.2, -0.15) is 0 Å². The largest absolute Gasteiger partial charge is 0.240 e. The first-order valence-corrected chi connectivity index (χ1v) is 7.46. The number of sulfonamides is 1. The van der Waals surface area contributed by atoms with Crippen LogP contribution in [0.2, 0.25) is 0 Å². The summed E-state index contributed by atoms with van der Waals surface area (Å²) < 4.78 is 25.3. The van der Waals surface area contributed by atoms with Gasteiger partial charge in [0, 0.05) is 4.83 Å². The van der Waals surface area contributed by atoms with Crippen molar-refractivity contribution < 1.29 is 8.42 Å². The normalized spacial score (nSPS) is 15.8. The first kappa shape index (κ1) is 13.7. The van der Waals surface area contributed by atoms with Crippen molar-refractivity contribution in [3.8, 4) is 0 Å². The summed E-state index contributed by atoms with van der Waals surface area (Å²) in [5.74, 6) is 0.353. The molecule has 0 aromatic heterocycles. The van der Waals surface area contributed by atoms with Crippen molar-refractivity contribution >= 4 is 26.0 Å². The Morgan fingerprint density at radius 3 is 2.06 bits per heavy atom. The van der Waals surface area contributed by atoms with Gasteiger partial charge in [0.25, 0.3) is 0 Å². The molecule has 2 unspecified atom stereocenters. The summed E-state index contributed by atoms with van der Waals surface area (Å²) in [6.45, 7) is 4.17. The number of rotatable bonds is 4. The van der Waals surface area contributed by atoms with Crippen LogP contribution in [0, 0.1) is 0 Å². The van der Waals surface area contributed by atoms with E-state index in [0.717, 1.165) is 5.56 Å². The topological polar surface area (TPSA) is 46.2 Å². The summed E-state index contributed by atoms with van der Waals surface area (Å²) >= 11 is 3.52. The third-order valence-electron chi connectivity index (χ3n) is 2.67. The molecule has 1 aromatic rings. The second kappa shape index (κ2) is 5.29. The highest BCUT2D eigenvalue weighted by molar-refractivity contribution is 9.09. The summed E-state index contributed by atoms with van der Waals surface area (Å²) in [4.78, 5) is 0.660. The van der Waals surface area contributed by atoms with E-state index in [1.54, 1.807) is 12.1 Å². The predicted octanol–water partition coefficient (Wildman–Crippen LogP) is 2.48. The van der Waals surface area contributed by atoms with Crippen molar-refractivity contribution in [3.63, 3.8) is 0 Å². The highest BCUT2D eigenvalue weighted by atomic mass is 79.9. The number of hydrogen-bond donors (Lipinski definition) is 1. The van der Waals surface area contributed by atoms with Gasteiger partial charge in [0.05, 0.1) is 4.90 Å². The van der Waals surface area contributed by atoms with E-state index >= 15 is 0 Å². The maximum Gasteiger partial charge on any atom is 0.240 e. The highest BCUT2D eigenvalue weighted by Crippen LogP contribution is 2.24. The van der Waals surface area contributed by atoms with Crippen LogP contribution in [0.15, 0.2) is 29.2 Å². The summed E-state index contributed by atoms with van der Waals surface area (Å²) in [6.07, 6.45) is 0. The molecular weight excluding hydrogens is 290 g/mol. The molecule has 90 valence electrons. The molecule has 1 aromatic carbocycles. The third kappa shape index (κ3) is 3.06. The fraction of sp³-hybridized carbons (Fsp3) is 0.455. The predicted molar refractivity (Wildman–Crippen MR) is 69.5 cm³/mol. The van der Waals surface area contributed by atoms with Crippen molar-refractivity contribution in [2.75, 3.05) is 7.05 Å². The van der Waals surface area contributed by atoms with E-state index in [1.165, 1.54) is 7.05 Å². The lowest BCUT2D eigenvalue weighted by Gasteiger charge is -2.14. The van der Waals surface area contributed by atoms with Crippen molar-refractivity contribution in [3.05, 3.63) is 29.8 Å². The van der Waals surface area contributed by atoms with Gasteiger partial charge < -0.3 is 0 Å². The molecule has 0 saturated heterocycles. The Labute approximate surface area is 105 Å². The SMILES string of the molecule is CNS(=O)(=O)c1ccc(C(C)C(C)Br)cc1. The first-order chi connectivity index (χ1) is 7.38. The van der Waals surface area contributed by atoms with Crippen LogP contribution in [0.4, 0.5) is 0 Å². The summed E-state index contributed by atoms with van der Waals surface area (Å²) in [5.41, 5.74) is 1.12. The molecule has 0 aliphatic rings. The van der Waals surface area contributed by atoms with Crippen LogP contribution in [0.5, 0.6) is 0 Å². The smallest absolute Gasteiger partial charge is 0.214 e. The summed E-state index contributed by atoms with van der Waals surface area (Å²) in [6, 6.07) is 6.97. The molecule has 2 atom stereocenters. The number of halogens is 1. The molecule has 0 amide bonds. The molecule has 1 rings (SSSR count). The second-order valence-electron chi connectivity index (χ2n) is 3.74. The zero-order chi connectivity index (χ0) is 12.3. The maximum absolute atomic E-state index is 11.5. The number of alkyl halides is 1. The van der Waals surface area contributed by atoms with E-state index in [4.69, 9.17) is 0 Å². The number of hydrogen-bond acceptors (Lipinski definition) is 2. The molecule has 0 aliphatic heterocycles. The molecule has 0 saturated carbocycles. The van der Waals surface area contributed by atoms with Crippen LogP contribution in [0.25, 0.3) is 0 Å². The molecule has 0 radical (unpaired) electrons. The van der Waals surface area contributed by atoms with Crippen LogP contribution in [-0.2, 0) is 10.0 Å². The van der Waals surface area contributed by atoms with Crippen molar-refractivity contribution in [1.82, 2.24) is 4.72 Å². The van der Waals surface area contributed by atoms with Crippen molar-refractivity contribution in [2.45, 2.75) is 29.5 Å². The second-order valence-corrected chi connectivity index (χ2v) is 7.07. The zero-order valence-electron chi connectivity index (χ0n) is 9.57. The van der Waals surface area contributed by atoms with Gasteiger partial charge in [-0.25, -0.2) is 13.1 Å². The zero-order valence-corrected chi connectivity index (χ0v) is 12.0. The Morgan fingerprint density at radius 1 is 1.19 bits per heavy atom. The lowest BCUT2D eigenvalue weighted by molar-refractivity contribution is 0.588. The third-order valence-corrected chi connectivity index (χ3v) is 4.90. The van der Waals surface area contributed by atoms with Crippen molar-refractivity contribution in [1.29, 1.82) is 0 Å². The van der Waals surface area contributed by atoms with Gasteiger partial charge >= 0.3 is 0 Å². The molecule has 0 spiro atoms. The minimum absolute atomic E-state index is 0.299. The molecule has 0 heterocycles. The van der Waals surface area contributed by atoms with Crippen LogP contribution in [-0.4, -0.2) is 20.3 Å². The molecule has 3 nitrogen and oxygen atoms in total. The van der Waals surface area contributed by atoms with Gasteiger partial charge in [-0.05, 0) is 30.7 Å². The highest BCUT2D eigenvalue weighted by Gasteiger charge is 2.14. The van der Waals surface area contributed by atoms with Crippen molar-refractivity contribution in [2.24, 2.45) is 0 Å². The van der Waals surface area contributed by atoms with Gasteiger partial charge in [-0.1, -0.05) is 41.9 Å².